The third-order valence-corrected chi connectivity index (χ3v) is 2.45. The Hall–Kier alpha value is -1.82. The number of hydrogen-bond acceptors (Lipinski definition) is 5. The fraction of sp³-hybridized carbons (Fsp3) is 0.538. The lowest BCUT2D eigenvalue weighted by molar-refractivity contribution is 0.0697. The summed E-state index contributed by atoms with van der Waals surface area (Å²) < 4.78 is 5.42. The molecule has 1 aromatic heterocycles. The highest BCUT2D eigenvalue weighted by molar-refractivity contribution is 5.94. The number of nitrogens with zero attached hydrogens (tertiary/aromatic N) is 1. The lowest BCUT2D eigenvalue weighted by Crippen LogP contribution is -2.11. The lowest BCUT2D eigenvalue weighted by atomic mass is 10.2. The van der Waals surface area contributed by atoms with Crippen molar-refractivity contribution in [1.82, 2.24) is 4.98 Å². The highest BCUT2D eigenvalue weighted by Crippen LogP contribution is 2.15. The van der Waals surface area contributed by atoms with Crippen molar-refractivity contribution in [2.24, 2.45) is 0 Å². The summed E-state index contributed by atoms with van der Waals surface area (Å²) in [6.45, 7) is 5.35. The summed E-state index contributed by atoms with van der Waals surface area (Å²) in [7, 11) is 0. The summed E-state index contributed by atoms with van der Waals surface area (Å²) in [5.74, 6) is -0.683. The van der Waals surface area contributed by atoms with E-state index in [0.29, 0.717) is 24.7 Å². The van der Waals surface area contributed by atoms with Crippen molar-refractivity contribution in [1.29, 1.82) is 0 Å². The smallest absolute Gasteiger partial charge is 0.339 e. The first-order valence-electron chi connectivity index (χ1n) is 6.35. The van der Waals surface area contributed by atoms with E-state index in [-0.39, 0.29) is 11.7 Å². The Bertz CT molecular complexity index is 422. The van der Waals surface area contributed by atoms with Crippen LogP contribution < -0.4 is 11.1 Å². The number of anilines is 2. The molecule has 0 aliphatic heterocycles. The van der Waals surface area contributed by atoms with Gasteiger partial charge in [0.15, 0.2) is 0 Å². The molecule has 0 atom stereocenters. The Kier molecular flexibility index (Phi) is 6.08. The minimum Gasteiger partial charge on any atom is -0.478 e. The molecule has 0 fully saturated rings. The van der Waals surface area contributed by atoms with Crippen molar-refractivity contribution < 1.29 is 14.6 Å². The van der Waals surface area contributed by atoms with Crippen molar-refractivity contribution in [3.05, 3.63) is 17.8 Å². The maximum Gasteiger partial charge on any atom is 0.339 e. The van der Waals surface area contributed by atoms with E-state index in [4.69, 9.17) is 15.6 Å². The molecule has 0 aromatic carbocycles. The normalized spacial score (nSPS) is 10.7. The number of rotatable bonds is 8. The molecule has 0 unspecified atom stereocenters. The molecular formula is C13H21N3O3. The predicted octanol–water partition coefficient (Wildman–Crippen LogP) is 1.98. The quantitative estimate of drug-likeness (QED) is 0.623. The molecule has 1 heterocycles. The van der Waals surface area contributed by atoms with E-state index >= 15 is 0 Å². The second kappa shape index (κ2) is 7.58. The van der Waals surface area contributed by atoms with E-state index < -0.39 is 5.97 Å². The monoisotopic (exact) mass is 267 g/mol. The predicted molar refractivity (Wildman–Crippen MR) is 74.4 cm³/mol. The molecule has 0 saturated heterocycles. The Morgan fingerprint density at radius 2 is 2.26 bits per heavy atom. The van der Waals surface area contributed by atoms with Gasteiger partial charge in [0.25, 0.3) is 0 Å². The molecule has 19 heavy (non-hydrogen) atoms. The molecule has 0 amide bonds. The number of nitrogens with two attached hydrogens (primary N) is 1. The van der Waals surface area contributed by atoms with Gasteiger partial charge in [-0.05, 0) is 32.8 Å². The SMILES string of the molecule is CC(C)OCCCCNc1ncc(N)cc1C(=O)O. The van der Waals surface area contributed by atoms with Crippen LogP contribution in [0.2, 0.25) is 0 Å². The van der Waals surface area contributed by atoms with Crippen molar-refractivity contribution in [3.8, 4) is 0 Å². The van der Waals surface area contributed by atoms with Crippen LogP contribution in [0.4, 0.5) is 11.5 Å². The number of ether oxygens (including phenoxy) is 1. The van der Waals surface area contributed by atoms with Gasteiger partial charge < -0.3 is 20.9 Å². The molecule has 1 aromatic rings. The van der Waals surface area contributed by atoms with Crippen LogP contribution in [0.25, 0.3) is 0 Å². The summed E-state index contributed by atoms with van der Waals surface area (Å²) >= 11 is 0. The fourth-order valence-corrected chi connectivity index (χ4v) is 1.54. The number of unbranched alkanes of at least 4 members (excludes halogenated alkanes) is 1. The van der Waals surface area contributed by atoms with Gasteiger partial charge in [-0.3, -0.25) is 0 Å². The Morgan fingerprint density at radius 1 is 1.53 bits per heavy atom. The zero-order valence-electron chi connectivity index (χ0n) is 11.3. The van der Waals surface area contributed by atoms with E-state index in [1.165, 1.54) is 12.3 Å². The van der Waals surface area contributed by atoms with Crippen LogP contribution in [0, 0.1) is 0 Å². The molecule has 0 aliphatic carbocycles. The Balaban J connectivity index is 2.39. The van der Waals surface area contributed by atoms with E-state index in [9.17, 15) is 4.79 Å². The highest BCUT2D eigenvalue weighted by Gasteiger charge is 2.11. The molecular weight excluding hydrogens is 246 g/mol. The van der Waals surface area contributed by atoms with Gasteiger partial charge in [-0.15, -0.1) is 0 Å². The molecule has 4 N–H and O–H groups in total. The lowest BCUT2D eigenvalue weighted by Gasteiger charge is -2.10. The largest absolute Gasteiger partial charge is 0.478 e. The Labute approximate surface area is 113 Å². The first-order chi connectivity index (χ1) is 9.00. The van der Waals surface area contributed by atoms with E-state index in [2.05, 4.69) is 10.3 Å². The molecule has 6 nitrogen and oxygen atoms in total. The van der Waals surface area contributed by atoms with Crippen LogP contribution in [0.3, 0.4) is 0 Å². The number of nitrogens with one attached hydrogen (secondary N) is 1. The van der Waals surface area contributed by atoms with Crippen LogP contribution >= 0.6 is 0 Å². The minimum absolute atomic E-state index is 0.0958. The van der Waals surface area contributed by atoms with Gasteiger partial charge in [0, 0.05) is 13.2 Å². The van der Waals surface area contributed by atoms with Crippen LogP contribution in [0.1, 0.15) is 37.0 Å². The molecule has 0 bridgehead atoms. The standard InChI is InChI=1S/C13H21N3O3/c1-9(2)19-6-4-3-5-15-12-11(13(17)18)7-10(14)8-16-12/h7-9H,3-6,14H2,1-2H3,(H,15,16)(H,17,18). The summed E-state index contributed by atoms with van der Waals surface area (Å²) in [6, 6.07) is 1.40. The number of carbonyl (C=O) groups is 1. The number of pyridine rings is 1. The van der Waals surface area contributed by atoms with Crippen molar-refractivity contribution in [3.63, 3.8) is 0 Å². The van der Waals surface area contributed by atoms with Crippen molar-refractivity contribution >= 4 is 17.5 Å². The average Bonchev–Trinajstić information content (AvgIpc) is 2.34. The third kappa shape index (κ3) is 5.56. The number of hydrogen-bond donors (Lipinski definition) is 3. The number of carboxylic acid groups (broad SMARTS) is 1. The first-order valence-corrected chi connectivity index (χ1v) is 6.35. The molecule has 1 rings (SSSR count). The van der Waals surface area contributed by atoms with Gasteiger partial charge in [-0.1, -0.05) is 0 Å². The average molecular weight is 267 g/mol. The van der Waals surface area contributed by atoms with Gasteiger partial charge in [0.1, 0.15) is 11.4 Å². The third-order valence-electron chi connectivity index (χ3n) is 2.45. The second-order valence-electron chi connectivity index (χ2n) is 4.52. The Morgan fingerprint density at radius 3 is 2.89 bits per heavy atom. The van der Waals surface area contributed by atoms with Crippen LogP contribution in [-0.2, 0) is 4.74 Å². The van der Waals surface area contributed by atoms with E-state index in [1.54, 1.807) is 0 Å². The summed E-state index contributed by atoms with van der Waals surface area (Å²) in [4.78, 5) is 15.0. The van der Waals surface area contributed by atoms with Crippen LogP contribution in [0.5, 0.6) is 0 Å². The number of aromatic carboxylic acids is 1. The van der Waals surface area contributed by atoms with Gasteiger partial charge in [0.2, 0.25) is 0 Å². The van der Waals surface area contributed by atoms with E-state index in [0.717, 1.165) is 12.8 Å². The molecule has 0 aliphatic rings. The molecule has 0 radical (unpaired) electrons. The maximum absolute atomic E-state index is 11.0. The van der Waals surface area contributed by atoms with Crippen molar-refractivity contribution in [2.75, 3.05) is 24.2 Å². The van der Waals surface area contributed by atoms with Gasteiger partial charge in [-0.2, -0.15) is 0 Å². The molecule has 106 valence electrons. The fourth-order valence-electron chi connectivity index (χ4n) is 1.54. The zero-order chi connectivity index (χ0) is 14.3. The van der Waals surface area contributed by atoms with Crippen LogP contribution in [0.15, 0.2) is 12.3 Å². The van der Waals surface area contributed by atoms with Crippen molar-refractivity contribution in [2.45, 2.75) is 32.8 Å². The number of aromatic nitrogens is 1. The molecule has 0 saturated carbocycles. The van der Waals surface area contributed by atoms with Gasteiger partial charge >= 0.3 is 5.97 Å². The van der Waals surface area contributed by atoms with Crippen LogP contribution in [-0.4, -0.2) is 35.3 Å². The topological polar surface area (TPSA) is 97.5 Å². The van der Waals surface area contributed by atoms with Gasteiger partial charge in [-0.25, -0.2) is 9.78 Å². The summed E-state index contributed by atoms with van der Waals surface area (Å²) in [6.07, 6.45) is 3.49. The zero-order valence-corrected chi connectivity index (χ0v) is 11.3. The summed E-state index contributed by atoms with van der Waals surface area (Å²) in [5, 5.41) is 12.0. The van der Waals surface area contributed by atoms with E-state index in [1.807, 2.05) is 13.8 Å². The minimum atomic E-state index is -1.04. The molecule has 6 heteroatoms. The molecule has 0 spiro atoms. The van der Waals surface area contributed by atoms with Gasteiger partial charge in [0.05, 0.1) is 18.0 Å². The first kappa shape index (κ1) is 15.2. The maximum atomic E-state index is 11.0. The second-order valence-corrected chi connectivity index (χ2v) is 4.52. The number of carboxylic acids is 1. The number of nitrogen functional groups attached to an aromatic ring is 1. The highest BCUT2D eigenvalue weighted by atomic mass is 16.5. The summed E-state index contributed by atoms with van der Waals surface area (Å²) in [5.41, 5.74) is 5.95.